The number of non-ortho nitro benzene ring substituents is 1. The van der Waals surface area contributed by atoms with Gasteiger partial charge in [0.1, 0.15) is 5.75 Å². The van der Waals surface area contributed by atoms with E-state index in [4.69, 9.17) is 9.47 Å². The van der Waals surface area contributed by atoms with Crippen LogP contribution in [0.25, 0.3) is 0 Å². The Morgan fingerprint density at radius 2 is 2.04 bits per heavy atom. The van der Waals surface area contributed by atoms with Gasteiger partial charge in [0.05, 0.1) is 11.5 Å². The van der Waals surface area contributed by atoms with E-state index < -0.39 is 11.1 Å². The quantitative estimate of drug-likeness (QED) is 0.165. The van der Waals surface area contributed by atoms with E-state index in [-0.39, 0.29) is 11.4 Å². The molecule has 1 aromatic carbocycles. The predicted molar refractivity (Wildman–Crippen MR) is 92.0 cm³/mol. The molecule has 0 spiro atoms. The lowest BCUT2D eigenvalue weighted by atomic mass is 10.1. The molecule has 0 aromatic heterocycles. The van der Waals surface area contributed by atoms with Crippen molar-refractivity contribution < 1.29 is 19.2 Å². The molecule has 0 N–H and O–H groups in total. The summed E-state index contributed by atoms with van der Waals surface area (Å²) in [7, 11) is 3.94. The van der Waals surface area contributed by atoms with Crippen molar-refractivity contribution in [2.75, 3.05) is 12.4 Å². The summed E-state index contributed by atoms with van der Waals surface area (Å²) in [5, 5.41) is 11.3. The number of hydrogen-bond donors (Lipinski definition) is 0. The molecule has 0 radical (unpaired) electrons. The number of nitro benzene ring substituents is 1. The first-order chi connectivity index (χ1) is 11.1. The summed E-state index contributed by atoms with van der Waals surface area (Å²) in [5.41, 5.74) is -0.0513. The fourth-order valence-corrected chi connectivity index (χ4v) is 5.16. The van der Waals surface area contributed by atoms with Gasteiger partial charge in [0, 0.05) is 23.1 Å². The second-order valence-corrected chi connectivity index (χ2v) is 7.92. The molecule has 23 heavy (non-hydrogen) atoms. The molecule has 1 aliphatic heterocycles. The van der Waals surface area contributed by atoms with Crippen LogP contribution in [0.4, 0.5) is 10.5 Å². The van der Waals surface area contributed by atoms with Crippen LogP contribution in [0.15, 0.2) is 24.3 Å². The summed E-state index contributed by atoms with van der Waals surface area (Å²) in [5.74, 6) is 1.49. The van der Waals surface area contributed by atoms with Crippen molar-refractivity contribution in [3.8, 4) is 5.75 Å². The molecule has 126 valence electrons. The molecule has 1 atom stereocenters. The molecule has 8 heteroatoms. The highest BCUT2D eigenvalue weighted by molar-refractivity contribution is 8.77. The van der Waals surface area contributed by atoms with Crippen molar-refractivity contribution in [2.24, 2.45) is 0 Å². The standard InChI is InChI=1S/C15H19NO5S2/c17-15(21-13-7-5-12(6-8-13)16(18)19)20-10-3-1-2-4-14-9-11-22-23-14/h5-8,14H,1-4,9-11H2. The fraction of sp³-hybridized carbons (Fsp3) is 0.533. The van der Waals surface area contributed by atoms with Gasteiger partial charge in [0.25, 0.3) is 5.69 Å². The molecule has 1 heterocycles. The fourth-order valence-electron chi connectivity index (χ4n) is 2.13. The number of unbranched alkanes of at least 4 members (excludes halogenated alkanes) is 2. The van der Waals surface area contributed by atoms with E-state index in [9.17, 15) is 14.9 Å². The van der Waals surface area contributed by atoms with Crippen LogP contribution in [0.1, 0.15) is 32.1 Å². The summed E-state index contributed by atoms with van der Waals surface area (Å²) in [6.45, 7) is 0.332. The van der Waals surface area contributed by atoms with Crippen LogP contribution in [0.5, 0.6) is 5.75 Å². The van der Waals surface area contributed by atoms with Gasteiger partial charge < -0.3 is 9.47 Å². The van der Waals surface area contributed by atoms with E-state index in [1.165, 1.54) is 42.9 Å². The Morgan fingerprint density at radius 1 is 1.26 bits per heavy atom. The molecule has 6 nitrogen and oxygen atoms in total. The summed E-state index contributed by atoms with van der Waals surface area (Å²) >= 11 is 0. The highest BCUT2D eigenvalue weighted by Gasteiger charge is 2.15. The molecule has 0 aliphatic carbocycles. The topological polar surface area (TPSA) is 78.7 Å². The zero-order chi connectivity index (χ0) is 16.5. The Bertz CT molecular complexity index is 517. The first-order valence-electron chi connectivity index (χ1n) is 7.52. The number of nitro groups is 1. The van der Waals surface area contributed by atoms with Gasteiger partial charge in [0.15, 0.2) is 0 Å². The normalized spacial score (nSPS) is 17.0. The van der Waals surface area contributed by atoms with E-state index in [0.717, 1.165) is 24.5 Å². The maximum absolute atomic E-state index is 11.5. The van der Waals surface area contributed by atoms with Gasteiger partial charge in [-0.25, -0.2) is 4.79 Å². The zero-order valence-electron chi connectivity index (χ0n) is 12.6. The third kappa shape index (κ3) is 6.70. The Hall–Kier alpha value is -1.41. The van der Waals surface area contributed by atoms with Crippen LogP contribution >= 0.6 is 21.6 Å². The molecule has 1 aromatic rings. The molecule has 1 aliphatic rings. The monoisotopic (exact) mass is 357 g/mol. The first-order valence-corrected chi connectivity index (χ1v) is 9.90. The second kappa shape index (κ2) is 9.67. The lowest BCUT2D eigenvalue weighted by Gasteiger charge is -2.07. The van der Waals surface area contributed by atoms with Gasteiger partial charge in [-0.15, -0.1) is 0 Å². The van der Waals surface area contributed by atoms with Crippen LogP contribution in [-0.2, 0) is 4.74 Å². The predicted octanol–water partition coefficient (Wildman–Crippen LogP) is 4.82. The summed E-state index contributed by atoms with van der Waals surface area (Å²) < 4.78 is 9.94. The van der Waals surface area contributed by atoms with Crippen molar-refractivity contribution in [3.05, 3.63) is 34.4 Å². The number of carbonyl (C=O) groups excluding carboxylic acids is 1. The lowest BCUT2D eigenvalue weighted by Crippen LogP contribution is -2.11. The molecule has 0 amide bonds. The van der Waals surface area contributed by atoms with Crippen LogP contribution in [0.2, 0.25) is 0 Å². The van der Waals surface area contributed by atoms with Crippen molar-refractivity contribution in [1.29, 1.82) is 0 Å². The Morgan fingerprint density at radius 3 is 2.70 bits per heavy atom. The van der Waals surface area contributed by atoms with E-state index in [1.807, 2.05) is 21.6 Å². The maximum atomic E-state index is 11.5. The third-order valence-corrected chi connectivity index (χ3v) is 6.37. The van der Waals surface area contributed by atoms with Crippen molar-refractivity contribution in [1.82, 2.24) is 0 Å². The molecule has 1 fully saturated rings. The zero-order valence-corrected chi connectivity index (χ0v) is 14.3. The summed E-state index contributed by atoms with van der Waals surface area (Å²) in [4.78, 5) is 21.5. The number of benzene rings is 1. The second-order valence-electron chi connectivity index (χ2n) is 5.13. The van der Waals surface area contributed by atoms with Gasteiger partial charge in [-0.05, 0) is 31.4 Å². The minimum absolute atomic E-state index is 0.0513. The molecule has 1 saturated heterocycles. The molecular weight excluding hydrogens is 338 g/mol. The van der Waals surface area contributed by atoms with Crippen molar-refractivity contribution in [2.45, 2.75) is 37.4 Å². The maximum Gasteiger partial charge on any atom is 0.513 e. The Labute approximate surface area is 142 Å². The van der Waals surface area contributed by atoms with E-state index >= 15 is 0 Å². The van der Waals surface area contributed by atoms with Crippen LogP contribution < -0.4 is 4.74 Å². The molecular formula is C15H19NO5S2. The van der Waals surface area contributed by atoms with Gasteiger partial charge >= 0.3 is 6.16 Å². The molecule has 1 unspecified atom stereocenters. The number of ether oxygens (including phenoxy) is 2. The van der Waals surface area contributed by atoms with Gasteiger partial charge in [-0.2, -0.15) is 0 Å². The molecule has 0 bridgehead atoms. The van der Waals surface area contributed by atoms with E-state index in [2.05, 4.69) is 0 Å². The Balaban J connectivity index is 1.55. The average molecular weight is 357 g/mol. The van der Waals surface area contributed by atoms with Gasteiger partial charge in [0.2, 0.25) is 0 Å². The number of rotatable bonds is 8. The van der Waals surface area contributed by atoms with Gasteiger partial charge in [-0.1, -0.05) is 34.4 Å². The summed E-state index contributed by atoms with van der Waals surface area (Å²) in [6.07, 6.45) is 4.76. The van der Waals surface area contributed by atoms with Crippen LogP contribution in [-0.4, -0.2) is 28.7 Å². The number of hydrogen-bond acceptors (Lipinski definition) is 7. The highest BCUT2D eigenvalue weighted by Crippen LogP contribution is 2.39. The smallest absolute Gasteiger partial charge is 0.434 e. The molecule has 0 saturated carbocycles. The van der Waals surface area contributed by atoms with Gasteiger partial charge in [-0.3, -0.25) is 10.1 Å². The largest absolute Gasteiger partial charge is 0.513 e. The highest BCUT2D eigenvalue weighted by atomic mass is 33.1. The van der Waals surface area contributed by atoms with E-state index in [1.54, 1.807) is 0 Å². The third-order valence-electron chi connectivity index (χ3n) is 3.37. The first kappa shape index (κ1) is 17.9. The Kier molecular flexibility index (Phi) is 7.54. The lowest BCUT2D eigenvalue weighted by molar-refractivity contribution is -0.384. The van der Waals surface area contributed by atoms with Crippen molar-refractivity contribution >= 4 is 33.4 Å². The van der Waals surface area contributed by atoms with E-state index in [0.29, 0.717) is 6.61 Å². The minimum Gasteiger partial charge on any atom is -0.434 e. The van der Waals surface area contributed by atoms with Crippen molar-refractivity contribution in [3.63, 3.8) is 0 Å². The summed E-state index contributed by atoms with van der Waals surface area (Å²) in [6, 6.07) is 5.30. The number of carbonyl (C=O) groups is 1. The average Bonchev–Trinajstić information content (AvgIpc) is 3.04. The SMILES string of the molecule is O=C(OCCCCCC1CCSS1)Oc1ccc([N+](=O)[O-])cc1. The molecule has 2 rings (SSSR count). The minimum atomic E-state index is -0.776. The van der Waals surface area contributed by atoms with Crippen LogP contribution in [0.3, 0.4) is 0 Å². The van der Waals surface area contributed by atoms with Crippen LogP contribution in [0, 0.1) is 10.1 Å². The number of nitrogens with zero attached hydrogens (tertiary/aromatic N) is 1.